The molecule has 0 aliphatic heterocycles. The molecule has 1 fully saturated rings. The lowest BCUT2D eigenvalue weighted by molar-refractivity contribution is -0.0635. The Balaban J connectivity index is 2.40. The summed E-state index contributed by atoms with van der Waals surface area (Å²) in [5, 5.41) is 3.23. The minimum Gasteiger partial charge on any atom is -0.373 e. The molecule has 2 heteroatoms. The van der Waals surface area contributed by atoms with Crippen molar-refractivity contribution >= 4 is 0 Å². The summed E-state index contributed by atoms with van der Waals surface area (Å²) in [6.45, 7) is 10.2. The van der Waals surface area contributed by atoms with Crippen molar-refractivity contribution in [3.63, 3.8) is 0 Å². The average molecular weight is 227 g/mol. The molecule has 4 atom stereocenters. The van der Waals surface area contributed by atoms with Gasteiger partial charge in [0.05, 0.1) is 12.2 Å². The third-order valence-electron chi connectivity index (χ3n) is 4.07. The number of nitrogens with one attached hydrogen (secondary N) is 1. The maximum atomic E-state index is 6.25. The molecule has 4 unspecified atom stereocenters. The van der Waals surface area contributed by atoms with Crippen LogP contribution in [0.15, 0.2) is 0 Å². The largest absolute Gasteiger partial charge is 0.373 e. The summed E-state index contributed by atoms with van der Waals surface area (Å²) in [5.74, 6) is 2.30. The minimum atomic E-state index is 0.371. The van der Waals surface area contributed by atoms with Crippen LogP contribution in [0.4, 0.5) is 0 Å². The topological polar surface area (TPSA) is 21.3 Å². The minimum absolute atomic E-state index is 0.371. The summed E-state index contributed by atoms with van der Waals surface area (Å²) in [5.41, 5.74) is 0. The van der Waals surface area contributed by atoms with Crippen molar-refractivity contribution in [1.82, 2.24) is 5.32 Å². The van der Waals surface area contributed by atoms with Gasteiger partial charge >= 0.3 is 0 Å². The van der Waals surface area contributed by atoms with Gasteiger partial charge in [0.2, 0.25) is 0 Å². The third-order valence-corrected chi connectivity index (χ3v) is 4.07. The molecule has 0 bridgehead atoms. The predicted molar refractivity (Wildman–Crippen MR) is 69.6 cm³/mol. The van der Waals surface area contributed by atoms with Gasteiger partial charge in [-0.3, -0.25) is 0 Å². The molecule has 1 saturated carbocycles. The second kappa shape index (κ2) is 6.61. The predicted octanol–water partition coefficient (Wildman–Crippen LogP) is 3.07. The second-order valence-corrected chi connectivity index (χ2v) is 5.87. The highest BCUT2D eigenvalue weighted by atomic mass is 16.5. The molecule has 0 amide bonds. The van der Waals surface area contributed by atoms with E-state index in [4.69, 9.17) is 4.74 Å². The van der Waals surface area contributed by atoms with Gasteiger partial charge in [0, 0.05) is 6.54 Å². The Hall–Kier alpha value is -0.0800. The SMILES string of the molecule is CNCC(OC1CCC(C)C(C)C1)C(C)C. The highest BCUT2D eigenvalue weighted by Crippen LogP contribution is 2.32. The summed E-state index contributed by atoms with van der Waals surface area (Å²) < 4.78 is 6.25. The lowest BCUT2D eigenvalue weighted by Crippen LogP contribution is -2.37. The van der Waals surface area contributed by atoms with Gasteiger partial charge in [-0.2, -0.15) is 0 Å². The summed E-state index contributed by atoms with van der Waals surface area (Å²) in [6.07, 6.45) is 4.69. The van der Waals surface area contributed by atoms with Crippen LogP contribution in [0.1, 0.15) is 47.0 Å². The molecular formula is C14H29NO. The number of ether oxygens (including phenoxy) is 1. The zero-order valence-corrected chi connectivity index (χ0v) is 11.6. The fraction of sp³-hybridized carbons (Fsp3) is 1.00. The van der Waals surface area contributed by atoms with Gasteiger partial charge in [0.15, 0.2) is 0 Å². The molecule has 0 heterocycles. The molecule has 1 N–H and O–H groups in total. The number of hydrogen-bond donors (Lipinski definition) is 1. The van der Waals surface area contributed by atoms with Gasteiger partial charge in [-0.15, -0.1) is 0 Å². The van der Waals surface area contributed by atoms with Crippen LogP contribution in [-0.2, 0) is 4.74 Å². The van der Waals surface area contributed by atoms with Crippen molar-refractivity contribution in [1.29, 1.82) is 0 Å². The molecule has 2 nitrogen and oxygen atoms in total. The third kappa shape index (κ3) is 4.06. The Morgan fingerprint density at radius 3 is 2.38 bits per heavy atom. The van der Waals surface area contributed by atoms with Gasteiger partial charge in [-0.25, -0.2) is 0 Å². The fourth-order valence-electron chi connectivity index (χ4n) is 2.51. The molecule has 16 heavy (non-hydrogen) atoms. The Labute approximate surface area is 101 Å². The van der Waals surface area contributed by atoms with Gasteiger partial charge in [-0.1, -0.05) is 27.7 Å². The maximum absolute atomic E-state index is 6.25. The van der Waals surface area contributed by atoms with Crippen LogP contribution in [0.25, 0.3) is 0 Å². The van der Waals surface area contributed by atoms with E-state index in [1.807, 2.05) is 7.05 Å². The van der Waals surface area contributed by atoms with E-state index in [1.165, 1.54) is 19.3 Å². The van der Waals surface area contributed by atoms with Crippen LogP contribution in [0.2, 0.25) is 0 Å². The molecule has 1 rings (SSSR count). The van der Waals surface area contributed by atoms with E-state index < -0.39 is 0 Å². The van der Waals surface area contributed by atoms with Crippen molar-refractivity contribution in [2.75, 3.05) is 13.6 Å². The molecule has 0 aromatic heterocycles. The second-order valence-electron chi connectivity index (χ2n) is 5.87. The first-order valence-corrected chi connectivity index (χ1v) is 6.84. The molecule has 1 aliphatic carbocycles. The van der Waals surface area contributed by atoms with E-state index in [1.54, 1.807) is 0 Å². The van der Waals surface area contributed by atoms with Gasteiger partial charge < -0.3 is 10.1 Å². The van der Waals surface area contributed by atoms with Crippen LogP contribution in [0.5, 0.6) is 0 Å². The number of hydrogen-bond acceptors (Lipinski definition) is 2. The summed E-state index contributed by atoms with van der Waals surface area (Å²) >= 11 is 0. The lowest BCUT2D eigenvalue weighted by atomic mass is 9.80. The Kier molecular flexibility index (Phi) is 5.77. The molecule has 0 aromatic carbocycles. The Morgan fingerprint density at radius 1 is 1.19 bits per heavy atom. The zero-order chi connectivity index (χ0) is 12.1. The van der Waals surface area contributed by atoms with Gasteiger partial charge in [0.25, 0.3) is 0 Å². The smallest absolute Gasteiger partial charge is 0.0725 e. The lowest BCUT2D eigenvalue weighted by Gasteiger charge is -2.35. The fourth-order valence-corrected chi connectivity index (χ4v) is 2.51. The molecular weight excluding hydrogens is 198 g/mol. The first-order valence-electron chi connectivity index (χ1n) is 6.84. The summed E-state index contributed by atoms with van der Waals surface area (Å²) in [6, 6.07) is 0. The molecule has 96 valence electrons. The number of likely N-dealkylation sites (N-methyl/N-ethyl adjacent to an activating group) is 1. The standard InChI is InChI=1S/C14H29NO/c1-10(2)14(9-15-5)16-13-7-6-11(3)12(4)8-13/h10-15H,6-9H2,1-5H3. The zero-order valence-electron chi connectivity index (χ0n) is 11.6. The van der Waals surface area contributed by atoms with E-state index in [-0.39, 0.29) is 0 Å². The Bertz CT molecular complexity index is 193. The van der Waals surface area contributed by atoms with E-state index in [0.29, 0.717) is 18.1 Å². The monoisotopic (exact) mass is 227 g/mol. The van der Waals surface area contributed by atoms with E-state index in [2.05, 4.69) is 33.0 Å². The molecule has 0 spiro atoms. The summed E-state index contributed by atoms with van der Waals surface area (Å²) in [7, 11) is 2.00. The first kappa shape index (κ1) is 14.0. The van der Waals surface area contributed by atoms with E-state index in [0.717, 1.165) is 18.4 Å². The van der Waals surface area contributed by atoms with Crippen LogP contribution in [0, 0.1) is 17.8 Å². The van der Waals surface area contributed by atoms with Crippen molar-refractivity contribution in [3.05, 3.63) is 0 Å². The molecule has 0 saturated heterocycles. The van der Waals surface area contributed by atoms with Crippen LogP contribution < -0.4 is 5.32 Å². The van der Waals surface area contributed by atoms with E-state index >= 15 is 0 Å². The van der Waals surface area contributed by atoms with Crippen LogP contribution in [-0.4, -0.2) is 25.8 Å². The molecule has 1 aliphatic rings. The van der Waals surface area contributed by atoms with Gasteiger partial charge in [-0.05, 0) is 44.1 Å². The van der Waals surface area contributed by atoms with Crippen molar-refractivity contribution in [3.8, 4) is 0 Å². The van der Waals surface area contributed by atoms with Gasteiger partial charge in [0.1, 0.15) is 0 Å². The van der Waals surface area contributed by atoms with Crippen LogP contribution >= 0.6 is 0 Å². The highest BCUT2D eigenvalue weighted by Gasteiger charge is 2.27. The van der Waals surface area contributed by atoms with E-state index in [9.17, 15) is 0 Å². The first-order chi connectivity index (χ1) is 7.54. The van der Waals surface area contributed by atoms with Crippen molar-refractivity contribution in [2.24, 2.45) is 17.8 Å². The highest BCUT2D eigenvalue weighted by molar-refractivity contribution is 4.77. The van der Waals surface area contributed by atoms with Crippen LogP contribution in [0.3, 0.4) is 0 Å². The summed E-state index contributed by atoms with van der Waals surface area (Å²) in [4.78, 5) is 0. The maximum Gasteiger partial charge on any atom is 0.0725 e. The number of rotatable bonds is 5. The Morgan fingerprint density at radius 2 is 1.88 bits per heavy atom. The average Bonchev–Trinajstić information content (AvgIpc) is 2.22. The molecule has 0 radical (unpaired) electrons. The molecule has 0 aromatic rings. The quantitative estimate of drug-likeness (QED) is 0.779. The van der Waals surface area contributed by atoms with Crippen molar-refractivity contribution < 1.29 is 4.74 Å². The normalized spacial score (nSPS) is 33.0. The van der Waals surface area contributed by atoms with Crippen molar-refractivity contribution in [2.45, 2.75) is 59.2 Å².